The number of hydroxylamine groups is 1. The van der Waals surface area contributed by atoms with E-state index in [2.05, 4.69) is 25.7 Å². The minimum Gasteiger partial charge on any atom is -0.622 e. The minimum absolute atomic E-state index is 0.215. The van der Waals surface area contributed by atoms with Crippen LogP contribution in [-0.2, 0) is 0 Å². The molecular weight excluding hydrogens is 312 g/mol. The molecule has 0 amide bonds. The molecule has 0 spiro atoms. The lowest BCUT2D eigenvalue weighted by atomic mass is 10.1. The van der Waals surface area contributed by atoms with Crippen molar-refractivity contribution in [2.45, 2.75) is 51.4 Å². The Balaban J connectivity index is 2.28. The highest BCUT2D eigenvalue weighted by molar-refractivity contribution is 8.24. The molecule has 0 radical (unpaired) electrons. The Morgan fingerprint density at radius 3 is 2.59 bits per heavy atom. The molecule has 120 valence electrons. The maximum absolute atomic E-state index is 12.8. The van der Waals surface area contributed by atoms with Crippen LogP contribution in [0, 0.1) is 12.1 Å². The van der Waals surface area contributed by atoms with Gasteiger partial charge in [0.15, 0.2) is 6.21 Å². The fourth-order valence-corrected chi connectivity index (χ4v) is 4.60. The summed E-state index contributed by atoms with van der Waals surface area (Å²) in [6.45, 7) is 9.22. The largest absolute Gasteiger partial charge is 0.622 e. The first kappa shape index (κ1) is 17.3. The van der Waals surface area contributed by atoms with Crippen molar-refractivity contribution < 1.29 is 4.74 Å². The second-order valence-electron chi connectivity index (χ2n) is 6.29. The van der Waals surface area contributed by atoms with Crippen molar-refractivity contribution in [1.82, 2.24) is 4.90 Å². The zero-order valence-electron chi connectivity index (χ0n) is 13.7. The maximum Gasteiger partial charge on any atom is 0.254 e. The fraction of sp³-hybridized carbons (Fsp3) is 0.529. The third kappa shape index (κ3) is 3.82. The smallest absolute Gasteiger partial charge is 0.254 e. The van der Waals surface area contributed by atoms with E-state index in [1.807, 2.05) is 31.2 Å². The number of rotatable bonds is 5. The molecular formula is C17H24N2OS2. The molecule has 0 bridgehead atoms. The summed E-state index contributed by atoms with van der Waals surface area (Å²) < 4.78 is 1.70. The monoisotopic (exact) mass is 336 g/mol. The van der Waals surface area contributed by atoms with Crippen LogP contribution in [0.2, 0.25) is 0 Å². The molecule has 1 aliphatic rings. The van der Waals surface area contributed by atoms with Gasteiger partial charge in [-0.1, -0.05) is 55.0 Å². The average Bonchev–Trinajstić information content (AvgIpc) is 2.67. The molecule has 0 aliphatic carbocycles. The summed E-state index contributed by atoms with van der Waals surface area (Å²) in [5.41, 5.74) is 2.12. The van der Waals surface area contributed by atoms with Crippen molar-refractivity contribution in [3.8, 4) is 0 Å². The third-order valence-electron chi connectivity index (χ3n) is 3.85. The van der Waals surface area contributed by atoms with Gasteiger partial charge in [0.1, 0.15) is 9.07 Å². The van der Waals surface area contributed by atoms with Gasteiger partial charge in [0, 0.05) is 12.1 Å². The van der Waals surface area contributed by atoms with Gasteiger partial charge < -0.3 is 5.21 Å². The Bertz CT molecular complexity index is 567. The molecule has 1 saturated heterocycles. The molecule has 1 aromatic carbocycles. The molecule has 1 heterocycles. The van der Waals surface area contributed by atoms with Crippen molar-refractivity contribution in [3.63, 3.8) is 0 Å². The Labute approximate surface area is 143 Å². The van der Waals surface area contributed by atoms with Crippen LogP contribution in [0.5, 0.6) is 0 Å². The first-order valence-corrected chi connectivity index (χ1v) is 8.94. The van der Waals surface area contributed by atoms with Crippen LogP contribution in [-0.4, -0.2) is 37.6 Å². The Morgan fingerprint density at radius 2 is 2.00 bits per heavy atom. The first-order chi connectivity index (χ1) is 10.3. The lowest BCUT2D eigenvalue weighted by Crippen LogP contribution is -2.48. The number of thioether (sulfide) groups is 1. The van der Waals surface area contributed by atoms with E-state index in [-0.39, 0.29) is 10.9 Å². The summed E-state index contributed by atoms with van der Waals surface area (Å²) in [5, 5.41) is 12.8. The predicted molar refractivity (Wildman–Crippen MR) is 99.6 cm³/mol. The topological polar surface area (TPSA) is 29.3 Å². The third-order valence-corrected chi connectivity index (χ3v) is 5.48. The second kappa shape index (κ2) is 7.01. The van der Waals surface area contributed by atoms with Crippen LogP contribution < -0.4 is 0 Å². The molecule has 0 aromatic heterocycles. The molecule has 0 N–H and O–H groups in total. The van der Waals surface area contributed by atoms with Crippen molar-refractivity contribution in [2.75, 3.05) is 6.54 Å². The molecule has 3 nitrogen and oxygen atoms in total. The van der Waals surface area contributed by atoms with E-state index in [0.29, 0.717) is 0 Å². The van der Waals surface area contributed by atoms with E-state index in [1.165, 1.54) is 5.56 Å². The quantitative estimate of drug-likeness (QED) is 0.265. The normalized spacial score (nSPS) is 21.5. The molecule has 0 saturated carbocycles. The summed E-state index contributed by atoms with van der Waals surface area (Å²) in [6, 6.07) is 8.00. The van der Waals surface area contributed by atoms with Gasteiger partial charge in [-0.05, 0) is 39.3 Å². The van der Waals surface area contributed by atoms with Crippen LogP contribution in [0.15, 0.2) is 24.3 Å². The van der Waals surface area contributed by atoms with Crippen LogP contribution in [0.4, 0.5) is 0 Å². The van der Waals surface area contributed by atoms with E-state index in [0.717, 1.165) is 34.0 Å². The molecule has 1 unspecified atom stereocenters. The highest BCUT2D eigenvalue weighted by Gasteiger charge is 2.50. The van der Waals surface area contributed by atoms with Gasteiger partial charge in [-0.2, -0.15) is 4.74 Å². The van der Waals surface area contributed by atoms with E-state index in [1.54, 1.807) is 18.0 Å². The summed E-state index contributed by atoms with van der Waals surface area (Å²) >= 11 is 7.12. The molecule has 1 atom stereocenters. The number of nitrogens with zero attached hydrogens (tertiary/aromatic N) is 2. The van der Waals surface area contributed by atoms with E-state index in [9.17, 15) is 5.21 Å². The van der Waals surface area contributed by atoms with E-state index < -0.39 is 0 Å². The van der Waals surface area contributed by atoms with Gasteiger partial charge in [-0.25, -0.2) is 0 Å². The zero-order chi connectivity index (χ0) is 16.3. The van der Waals surface area contributed by atoms with Crippen LogP contribution in [0.1, 0.15) is 44.7 Å². The molecule has 22 heavy (non-hydrogen) atoms. The highest BCUT2D eigenvalue weighted by Crippen LogP contribution is 2.41. The van der Waals surface area contributed by atoms with E-state index >= 15 is 0 Å². The van der Waals surface area contributed by atoms with Crippen molar-refractivity contribution in [1.29, 1.82) is 0 Å². The fourth-order valence-electron chi connectivity index (χ4n) is 2.67. The standard InChI is InChI=1S/C17H24N2OS2/c1-5-6-11-18-15(17(3,4)22-16(18)21)19(20)12-14-9-7-13(2)8-10-14/h7-10,12,15H,5-6,11H2,1-4H3. The maximum atomic E-state index is 12.8. The zero-order valence-corrected chi connectivity index (χ0v) is 15.3. The lowest BCUT2D eigenvalue weighted by molar-refractivity contribution is -0.523. The van der Waals surface area contributed by atoms with Gasteiger partial charge >= 0.3 is 0 Å². The van der Waals surface area contributed by atoms with Crippen LogP contribution in [0.3, 0.4) is 0 Å². The van der Waals surface area contributed by atoms with Crippen molar-refractivity contribution in [2.24, 2.45) is 0 Å². The van der Waals surface area contributed by atoms with Gasteiger partial charge in [0.05, 0.1) is 0 Å². The molecule has 5 heteroatoms. The molecule has 1 aromatic rings. The number of aryl methyl sites for hydroxylation is 1. The number of benzene rings is 1. The van der Waals surface area contributed by atoms with E-state index in [4.69, 9.17) is 12.2 Å². The SMILES string of the molecule is CCCCN1C(=S)SC(C)(C)C1[N+]([O-])=Cc1ccc(C)cc1. The molecule has 1 aliphatic heterocycles. The Hall–Kier alpha value is -1.07. The number of hydrogen-bond acceptors (Lipinski definition) is 3. The lowest BCUT2D eigenvalue weighted by Gasteiger charge is -2.29. The average molecular weight is 337 g/mol. The number of unbranched alkanes of at least 4 members (excludes halogenated alkanes) is 1. The van der Waals surface area contributed by atoms with Crippen LogP contribution in [0.25, 0.3) is 0 Å². The first-order valence-electron chi connectivity index (χ1n) is 7.72. The van der Waals surface area contributed by atoms with Gasteiger partial charge in [-0.15, -0.1) is 0 Å². The predicted octanol–water partition coefficient (Wildman–Crippen LogP) is 4.16. The van der Waals surface area contributed by atoms with Gasteiger partial charge in [-0.3, -0.25) is 4.90 Å². The van der Waals surface area contributed by atoms with Gasteiger partial charge in [0.2, 0.25) is 0 Å². The summed E-state index contributed by atoms with van der Waals surface area (Å²) in [6.07, 6.45) is 3.57. The molecule has 1 fully saturated rings. The second-order valence-corrected chi connectivity index (χ2v) is 8.58. The Morgan fingerprint density at radius 1 is 1.36 bits per heavy atom. The number of thiocarbonyl (C=S) groups is 1. The highest BCUT2D eigenvalue weighted by atomic mass is 32.2. The van der Waals surface area contributed by atoms with Gasteiger partial charge in [0.25, 0.3) is 6.17 Å². The molecule has 2 rings (SSSR count). The Kier molecular flexibility index (Phi) is 5.50. The minimum atomic E-state index is -0.252. The summed E-state index contributed by atoms with van der Waals surface area (Å²) in [4.78, 5) is 2.08. The van der Waals surface area contributed by atoms with Crippen LogP contribution >= 0.6 is 24.0 Å². The van der Waals surface area contributed by atoms with Crippen molar-refractivity contribution in [3.05, 3.63) is 40.6 Å². The summed E-state index contributed by atoms with van der Waals surface area (Å²) in [5.74, 6) is 0. The number of hydrogen-bond donors (Lipinski definition) is 0. The van der Waals surface area contributed by atoms with Crippen molar-refractivity contribution >= 4 is 34.5 Å². The summed E-state index contributed by atoms with van der Waals surface area (Å²) in [7, 11) is 0.